The summed E-state index contributed by atoms with van der Waals surface area (Å²) in [6.45, 7) is 8.14. The van der Waals surface area contributed by atoms with Gasteiger partial charge in [-0.1, -0.05) is 70.2 Å². The van der Waals surface area contributed by atoms with Crippen molar-refractivity contribution >= 4 is 5.78 Å². The number of carbonyl (C=O) groups is 1. The number of rotatable bonds is 10. The van der Waals surface area contributed by atoms with Gasteiger partial charge in [-0.3, -0.25) is 4.79 Å². The molecule has 0 N–H and O–H groups in total. The molecule has 1 aromatic carbocycles. The second kappa shape index (κ2) is 9.49. The molecule has 0 bridgehead atoms. The topological polar surface area (TPSA) is 35.5 Å². The molecule has 3 heteroatoms. The molecule has 1 aromatic rings. The Balaban J connectivity index is 1.91. The number of hydrogen-bond acceptors (Lipinski definition) is 3. The van der Waals surface area contributed by atoms with Crippen molar-refractivity contribution in [2.24, 2.45) is 0 Å². The van der Waals surface area contributed by atoms with Crippen molar-refractivity contribution in [2.75, 3.05) is 0 Å². The quantitative estimate of drug-likeness (QED) is 0.402. The summed E-state index contributed by atoms with van der Waals surface area (Å²) in [6.07, 6.45) is 9.07. The lowest BCUT2D eigenvalue weighted by atomic mass is 9.98. The van der Waals surface area contributed by atoms with E-state index >= 15 is 0 Å². The van der Waals surface area contributed by atoms with Gasteiger partial charge in [0.15, 0.2) is 11.6 Å². The Morgan fingerprint density at radius 1 is 0.960 bits per heavy atom. The number of hydrogen-bond donors (Lipinski definition) is 0. The Morgan fingerprint density at radius 2 is 1.60 bits per heavy atom. The van der Waals surface area contributed by atoms with Crippen LogP contribution in [0.4, 0.5) is 0 Å². The molecule has 0 saturated carbocycles. The zero-order valence-electron chi connectivity index (χ0n) is 16.3. The molecule has 1 aliphatic rings. The predicted molar refractivity (Wildman–Crippen MR) is 102 cm³/mol. The van der Waals surface area contributed by atoms with Gasteiger partial charge in [0, 0.05) is 18.4 Å². The monoisotopic (exact) mass is 346 g/mol. The number of benzene rings is 1. The van der Waals surface area contributed by atoms with E-state index in [1.54, 1.807) is 0 Å². The van der Waals surface area contributed by atoms with Crippen LogP contribution >= 0.6 is 0 Å². The molecule has 2 unspecified atom stereocenters. The molecule has 0 aliphatic carbocycles. The summed E-state index contributed by atoms with van der Waals surface area (Å²) in [4.78, 5) is 11.8. The Labute approximate surface area is 153 Å². The standard InChI is InChI=1S/C22H34O3/c1-5-7-8-9-10-11-20-21(25-22(3,4)24-20)16-17-12-14-18(15-13-17)19(23)6-2/h12-15,20-21H,5-11,16H2,1-4H3. The van der Waals surface area contributed by atoms with E-state index in [0.717, 1.165) is 18.4 Å². The second-order valence-electron chi connectivity index (χ2n) is 7.59. The van der Waals surface area contributed by atoms with Crippen LogP contribution in [0.1, 0.15) is 88.6 Å². The first-order chi connectivity index (χ1) is 11.9. The molecule has 1 fully saturated rings. The van der Waals surface area contributed by atoms with Crippen LogP contribution in [0.2, 0.25) is 0 Å². The summed E-state index contributed by atoms with van der Waals surface area (Å²) in [7, 11) is 0. The van der Waals surface area contributed by atoms with E-state index in [-0.39, 0.29) is 18.0 Å². The van der Waals surface area contributed by atoms with Crippen LogP contribution in [0.15, 0.2) is 24.3 Å². The molecule has 1 heterocycles. The summed E-state index contributed by atoms with van der Waals surface area (Å²) in [5.74, 6) is -0.310. The van der Waals surface area contributed by atoms with E-state index < -0.39 is 5.79 Å². The summed E-state index contributed by atoms with van der Waals surface area (Å²) >= 11 is 0. The van der Waals surface area contributed by atoms with E-state index in [1.807, 2.05) is 32.9 Å². The molecule has 1 saturated heterocycles. The first-order valence-electron chi connectivity index (χ1n) is 9.93. The predicted octanol–water partition coefficient (Wildman–Crippen LogP) is 5.70. The van der Waals surface area contributed by atoms with Crippen LogP contribution in [-0.2, 0) is 15.9 Å². The zero-order chi connectivity index (χ0) is 18.3. The van der Waals surface area contributed by atoms with Gasteiger partial charge >= 0.3 is 0 Å². The third-order valence-corrected chi connectivity index (χ3v) is 4.91. The number of Topliss-reactive ketones (excluding diaryl/α,β-unsaturated/α-hetero) is 1. The van der Waals surface area contributed by atoms with Crippen molar-refractivity contribution in [1.29, 1.82) is 0 Å². The maximum atomic E-state index is 11.8. The molecule has 2 atom stereocenters. The Bertz CT molecular complexity index is 533. The first-order valence-corrected chi connectivity index (χ1v) is 9.93. The Morgan fingerprint density at radius 3 is 2.24 bits per heavy atom. The summed E-state index contributed by atoms with van der Waals surface area (Å²) in [5.41, 5.74) is 2.00. The van der Waals surface area contributed by atoms with Gasteiger partial charge in [0.05, 0.1) is 12.2 Å². The lowest BCUT2D eigenvalue weighted by molar-refractivity contribution is -0.146. The van der Waals surface area contributed by atoms with Crippen LogP contribution in [0.5, 0.6) is 0 Å². The van der Waals surface area contributed by atoms with Gasteiger partial charge in [0.2, 0.25) is 0 Å². The normalized spacial score (nSPS) is 22.2. The molecule has 0 radical (unpaired) electrons. The van der Waals surface area contributed by atoms with Crippen molar-refractivity contribution in [3.8, 4) is 0 Å². The van der Waals surface area contributed by atoms with Gasteiger partial charge in [-0.05, 0) is 25.8 Å². The van der Waals surface area contributed by atoms with Crippen molar-refractivity contribution in [2.45, 2.75) is 97.1 Å². The fourth-order valence-electron chi connectivity index (χ4n) is 3.54. The van der Waals surface area contributed by atoms with Gasteiger partial charge in [0.1, 0.15) is 0 Å². The highest BCUT2D eigenvalue weighted by Gasteiger charge is 2.40. The molecular formula is C22H34O3. The summed E-state index contributed by atoms with van der Waals surface area (Å²) < 4.78 is 12.3. The molecular weight excluding hydrogens is 312 g/mol. The minimum atomic E-state index is -0.503. The Hall–Kier alpha value is -1.19. The average molecular weight is 347 g/mol. The van der Waals surface area contributed by atoms with Crippen molar-refractivity contribution in [3.05, 3.63) is 35.4 Å². The lowest BCUT2D eigenvalue weighted by Gasteiger charge is -2.17. The van der Waals surface area contributed by atoms with Crippen LogP contribution in [0, 0.1) is 0 Å². The van der Waals surface area contributed by atoms with Gasteiger partial charge < -0.3 is 9.47 Å². The highest BCUT2D eigenvalue weighted by molar-refractivity contribution is 5.95. The van der Waals surface area contributed by atoms with Crippen molar-refractivity contribution in [3.63, 3.8) is 0 Å². The number of carbonyl (C=O) groups excluding carboxylic acids is 1. The lowest BCUT2D eigenvalue weighted by Crippen LogP contribution is -2.25. The summed E-state index contributed by atoms with van der Waals surface area (Å²) in [6, 6.07) is 7.97. The highest BCUT2D eigenvalue weighted by Crippen LogP contribution is 2.33. The van der Waals surface area contributed by atoms with Crippen LogP contribution < -0.4 is 0 Å². The molecule has 140 valence electrons. The van der Waals surface area contributed by atoms with E-state index in [2.05, 4.69) is 19.1 Å². The smallest absolute Gasteiger partial charge is 0.163 e. The zero-order valence-corrected chi connectivity index (χ0v) is 16.3. The van der Waals surface area contributed by atoms with Gasteiger partial charge in [-0.25, -0.2) is 0 Å². The maximum Gasteiger partial charge on any atom is 0.163 e. The first kappa shape index (κ1) is 20.1. The maximum absolute atomic E-state index is 11.8. The largest absolute Gasteiger partial charge is 0.345 e. The molecule has 3 nitrogen and oxygen atoms in total. The third-order valence-electron chi connectivity index (χ3n) is 4.91. The second-order valence-corrected chi connectivity index (χ2v) is 7.59. The van der Waals surface area contributed by atoms with Gasteiger partial charge in [-0.2, -0.15) is 0 Å². The van der Waals surface area contributed by atoms with Crippen LogP contribution in [-0.4, -0.2) is 23.8 Å². The fraction of sp³-hybridized carbons (Fsp3) is 0.682. The van der Waals surface area contributed by atoms with Crippen LogP contribution in [0.25, 0.3) is 0 Å². The SMILES string of the molecule is CCCCCCCC1OC(C)(C)OC1Cc1ccc(C(=O)CC)cc1. The molecule has 25 heavy (non-hydrogen) atoms. The molecule has 1 aliphatic heterocycles. The van der Waals surface area contributed by atoms with Gasteiger partial charge in [-0.15, -0.1) is 0 Å². The van der Waals surface area contributed by atoms with Crippen LogP contribution in [0.3, 0.4) is 0 Å². The molecule has 0 spiro atoms. The minimum absolute atomic E-state index is 0.0916. The molecule has 0 aromatic heterocycles. The van der Waals surface area contributed by atoms with Gasteiger partial charge in [0.25, 0.3) is 0 Å². The van der Waals surface area contributed by atoms with Crippen molar-refractivity contribution < 1.29 is 14.3 Å². The highest BCUT2D eigenvalue weighted by atomic mass is 16.7. The van der Waals surface area contributed by atoms with E-state index in [9.17, 15) is 4.79 Å². The number of ether oxygens (including phenoxy) is 2. The minimum Gasteiger partial charge on any atom is -0.345 e. The molecule has 0 amide bonds. The summed E-state index contributed by atoms with van der Waals surface area (Å²) in [5, 5.41) is 0. The van der Waals surface area contributed by atoms with Crippen molar-refractivity contribution in [1.82, 2.24) is 0 Å². The average Bonchev–Trinajstić information content (AvgIpc) is 2.88. The van der Waals surface area contributed by atoms with E-state index in [4.69, 9.17) is 9.47 Å². The number of ketones is 1. The molecule has 2 rings (SSSR count). The van der Waals surface area contributed by atoms with E-state index in [0.29, 0.717) is 6.42 Å². The number of unbranched alkanes of at least 4 members (excludes halogenated alkanes) is 4. The van der Waals surface area contributed by atoms with E-state index in [1.165, 1.54) is 37.7 Å². The Kier molecular flexibility index (Phi) is 7.64. The third kappa shape index (κ3) is 6.23. The fourth-order valence-corrected chi connectivity index (χ4v) is 3.54.